The highest BCUT2D eigenvalue weighted by Crippen LogP contribution is 2.28. The summed E-state index contributed by atoms with van der Waals surface area (Å²) in [4.78, 5) is 12.9. The molecule has 0 atom stereocenters. The molecule has 0 amide bonds. The van der Waals surface area contributed by atoms with E-state index in [-0.39, 0.29) is 5.69 Å². The smallest absolute Gasteiger partial charge is 0.296 e. The number of rotatable bonds is 9. The average Bonchev–Trinajstić information content (AvgIpc) is 2.46. The summed E-state index contributed by atoms with van der Waals surface area (Å²) in [6, 6.07) is 5.40. The lowest BCUT2D eigenvalue weighted by Crippen LogP contribution is -2.27. The molecule has 0 radical (unpaired) electrons. The second-order valence-corrected chi connectivity index (χ2v) is 5.35. The number of methoxy groups -OCH3 is 1. The van der Waals surface area contributed by atoms with Crippen molar-refractivity contribution in [2.45, 2.75) is 32.7 Å². The Hall–Kier alpha value is -1.82. The fraction of sp³-hybridized carbons (Fsp3) is 0.600. The molecule has 0 bridgehead atoms. The van der Waals surface area contributed by atoms with Gasteiger partial charge in [0.2, 0.25) is 0 Å². The standard InChI is InChI=1S/C15H25N3O3/c1-12(2)17(3)10-6-5-9-16-14-8-7-13(21-4)11-15(14)18(19)20/h7-8,11-12,16H,5-6,9-10H2,1-4H3. The summed E-state index contributed by atoms with van der Waals surface area (Å²) in [7, 11) is 3.60. The van der Waals surface area contributed by atoms with Crippen LogP contribution in [0.3, 0.4) is 0 Å². The molecule has 1 N–H and O–H groups in total. The van der Waals surface area contributed by atoms with Gasteiger partial charge < -0.3 is 15.0 Å². The van der Waals surface area contributed by atoms with Crippen LogP contribution in [0.4, 0.5) is 11.4 Å². The van der Waals surface area contributed by atoms with Crippen LogP contribution in [-0.2, 0) is 0 Å². The van der Waals surface area contributed by atoms with E-state index in [1.165, 1.54) is 13.2 Å². The maximum Gasteiger partial charge on any atom is 0.296 e. The lowest BCUT2D eigenvalue weighted by Gasteiger charge is -2.20. The molecular weight excluding hydrogens is 270 g/mol. The molecule has 21 heavy (non-hydrogen) atoms. The zero-order valence-electron chi connectivity index (χ0n) is 13.3. The summed E-state index contributed by atoms with van der Waals surface area (Å²) in [6.45, 7) is 6.08. The molecule has 0 aliphatic rings. The van der Waals surface area contributed by atoms with E-state index in [1.807, 2.05) is 0 Å². The van der Waals surface area contributed by atoms with Crippen LogP contribution in [0.2, 0.25) is 0 Å². The molecule has 0 aliphatic carbocycles. The Balaban J connectivity index is 2.46. The largest absolute Gasteiger partial charge is 0.496 e. The van der Waals surface area contributed by atoms with Crippen LogP contribution in [0.25, 0.3) is 0 Å². The van der Waals surface area contributed by atoms with Crippen LogP contribution < -0.4 is 10.1 Å². The molecular formula is C15H25N3O3. The second-order valence-electron chi connectivity index (χ2n) is 5.35. The number of unbranched alkanes of at least 4 members (excludes halogenated alkanes) is 1. The predicted octanol–water partition coefficient (Wildman–Crippen LogP) is 3.14. The van der Waals surface area contributed by atoms with E-state index in [0.29, 0.717) is 17.5 Å². The first-order valence-corrected chi connectivity index (χ1v) is 7.22. The van der Waals surface area contributed by atoms with E-state index in [2.05, 4.69) is 31.1 Å². The lowest BCUT2D eigenvalue weighted by molar-refractivity contribution is -0.384. The summed E-state index contributed by atoms with van der Waals surface area (Å²) in [5, 5.41) is 14.2. The Morgan fingerprint density at radius 3 is 2.67 bits per heavy atom. The van der Waals surface area contributed by atoms with Crippen LogP contribution in [0.1, 0.15) is 26.7 Å². The monoisotopic (exact) mass is 295 g/mol. The summed E-state index contributed by atoms with van der Waals surface area (Å²) < 4.78 is 5.01. The highest BCUT2D eigenvalue weighted by atomic mass is 16.6. The van der Waals surface area contributed by atoms with Gasteiger partial charge in [0.1, 0.15) is 11.4 Å². The molecule has 118 valence electrons. The first-order chi connectivity index (χ1) is 9.95. The minimum Gasteiger partial charge on any atom is -0.496 e. The molecule has 0 aromatic heterocycles. The van der Waals surface area contributed by atoms with Crippen LogP contribution in [0.5, 0.6) is 5.75 Å². The predicted molar refractivity (Wildman–Crippen MR) is 85.1 cm³/mol. The van der Waals surface area contributed by atoms with Crippen molar-refractivity contribution in [1.29, 1.82) is 0 Å². The Labute approximate surface area is 126 Å². The minimum absolute atomic E-state index is 0.0497. The van der Waals surface area contributed by atoms with Crippen molar-refractivity contribution in [3.63, 3.8) is 0 Å². The molecule has 0 unspecified atom stereocenters. The van der Waals surface area contributed by atoms with Crippen LogP contribution in [-0.4, -0.2) is 43.1 Å². The van der Waals surface area contributed by atoms with Crippen molar-refractivity contribution in [3.05, 3.63) is 28.3 Å². The maximum absolute atomic E-state index is 11.0. The van der Waals surface area contributed by atoms with Gasteiger partial charge in [-0.25, -0.2) is 0 Å². The number of nitro benzene ring substituents is 1. The molecule has 0 heterocycles. The number of benzene rings is 1. The number of hydrogen-bond acceptors (Lipinski definition) is 5. The lowest BCUT2D eigenvalue weighted by atomic mass is 10.2. The van der Waals surface area contributed by atoms with Crippen LogP contribution in [0, 0.1) is 10.1 Å². The topological polar surface area (TPSA) is 67.6 Å². The Kier molecular flexibility index (Phi) is 6.94. The minimum atomic E-state index is -0.391. The summed E-state index contributed by atoms with van der Waals surface area (Å²) in [5.41, 5.74) is 0.590. The van der Waals surface area contributed by atoms with Crippen molar-refractivity contribution in [2.24, 2.45) is 0 Å². The third kappa shape index (κ3) is 5.59. The normalized spacial score (nSPS) is 11.0. The summed E-state index contributed by atoms with van der Waals surface area (Å²) in [6.07, 6.45) is 2.03. The Morgan fingerprint density at radius 2 is 2.10 bits per heavy atom. The molecule has 1 rings (SSSR count). The molecule has 0 fully saturated rings. The van der Waals surface area contributed by atoms with E-state index < -0.39 is 4.92 Å². The van der Waals surface area contributed by atoms with Gasteiger partial charge in [0.25, 0.3) is 5.69 Å². The van der Waals surface area contributed by atoms with Crippen molar-refractivity contribution in [1.82, 2.24) is 4.90 Å². The quantitative estimate of drug-likeness (QED) is 0.430. The van der Waals surface area contributed by atoms with E-state index in [9.17, 15) is 10.1 Å². The van der Waals surface area contributed by atoms with Crippen LogP contribution in [0.15, 0.2) is 18.2 Å². The fourth-order valence-electron chi connectivity index (χ4n) is 1.91. The van der Waals surface area contributed by atoms with Crippen molar-refractivity contribution >= 4 is 11.4 Å². The maximum atomic E-state index is 11.0. The Morgan fingerprint density at radius 1 is 1.38 bits per heavy atom. The highest BCUT2D eigenvalue weighted by Gasteiger charge is 2.14. The van der Waals surface area contributed by atoms with Crippen LogP contribution >= 0.6 is 0 Å². The number of anilines is 1. The first-order valence-electron chi connectivity index (χ1n) is 7.22. The molecule has 0 saturated heterocycles. The molecule has 0 aliphatic heterocycles. The van der Waals surface area contributed by atoms with E-state index in [4.69, 9.17) is 4.74 Å². The van der Waals surface area contributed by atoms with Gasteiger partial charge in [-0.1, -0.05) is 0 Å². The fourth-order valence-corrected chi connectivity index (χ4v) is 1.91. The third-order valence-corrected chi connectivity index (χ3v) is 3.54. The van der Waals surface area contributed by atoms with E-state index in [0.717, 1.165) is 25.9 Å². The zero-order chi connectivity index (χ0) is 15.8. The van der Waals surface area contributed by atoms with Gasteiger partial charge in [-0.15, -0.1) is 0 Å². The molecule has 6 nitrogen and oxygen atoms in total. The molecule has 1 aromatic rings. The molecule has 6 heteroatoms. The SMILES string of the molecule is COc1ccc(NCCCCN(C)C(C)C)c([N+](=O)[O-])c1. The molecule has 0 spiro atoms. The molecule has 0 saturated carbocycles. The second kappa shape index (κ2) is 8.46. The van der Waals surface area contributed by atoms with Gasteiger partial charge in [0, 0.05) is 12.6 Å². The van der Waals surface area contributed by atoms with Crippen molar-refractivity contribution < 1.29 is 9.66 Å². The number of nitrogens with zero attached hydrogens (tertiary/aromatic N) is 2. The first kappa shape index (κ1) is 17.2. The van der Waals surface area contributed by atoms with Gasteiger partial charge in [-0.3, -0.25) is 10.1 Å². The number of nitro groups is 1. The zero-order valence-corrected chi connectivity index (χ0v) is 13.3. The number of ether oxygens (including phenoxy) is 1. The van der Waals surface area contributed by atoms with E-state index >= 15 is 0 Å². The number of hydrogen-bond donors (Lipinski definition) is 1. The van der Waals surface area contributed by atoms with Gasteiger partial charge in [0.05, 0.1) is 18.1 Å². The van der Waals surface area contributed by atoms with Gasteiger partial charge in [-0.05, 0) is 52.4 Å². The average molecular weight is 295 g/mol. The third-order valence-electron chi connectivity index (χ3n) is 3.54. The van der Waals surface area contributed by atoms with Gasteiger partial charge in [0.15, 0.2) is 0 Å². The van der Waals surface area contributed by atoms with Gasteiger partial charge >= 0.3 is 0 Å². The van der Waals surface area contributed by atoms with Crippen molar-refractivity contribution in [2.75, 3.05) is 32.6 Å². The van der Waals surface area contributed by atoms with Crippen molar-refractivity contribution in [3.8, 4) is 5.75 Å². The number of nitrogens with one attached hydrogen (secondary N) is 1. The molecule has 1 aromatic carbocycles. The Bertz CT molecular complexity index is 463. The summed E-state index contributed by atoms with van der Waals surface area (Å²) in [5.74, 6) is 0.491. The highest BCUT2D eigenvalue weighted by molar-refractivity contribution is 5.63. The van der Waals surface area contributed by atoms with Gasteiger partial charge in [-0.2, -0.15) is 0 Å². The van der Waals surface area contributed by atoms with E-state index in [1.54, 1.807) is 12.1 Å². The summed E-state index contributed by atoms with van der Waals surface area (Å²) >= 11 is 0.